The average molecular weight is 485 g/mol. The third-order valence-electron chi connectivity index (χ3n) is 6.11. The van der Waals surface area contributed by atoms with E-state index in [2.05, 4.69) is 15.2 Å². The number of carbonyl (C=O) groups is 1. The second-order valence-corrected chi connectivity index (χ2v) is 9.16. The lowest BCUT2D eigenvalue weighted by atomic mass is 10.1. The van der Waals surface area contributed by atoms with Crippen LogP contribution >= 0.6 is 11.3 Å². The molecular weight excluding hydrogens is 456 g/mol. The normalized spacial score (nSPS) is 20.2. The van der Waals surface area contributed by atoms with Crippen LogP contribution in [0.3, 0.4) is 0 Å². The van der Waals surface area contributed by atoms with Crippen molar-refractivity contribution in [2.75, 3.05) is 59.8 Å². The number of carbonyl (C=O) groups excluding carboxylic acids is 1. The van der Waals surface area contributed by atoms with Crippen molar-refractivity contribution in [2.45, 2.75) is 12.1 Å². The first-order valence-corrected chi connectivity index (χ1v) is 12.2. The van der Waals surface area contributed by atoms with E-state index < -0.39 is 0 Å². The average Bonchev–Trinajstić information content (AvgIpc) is 3.35. The Balaban J connectivity index is 1.47. The van der Waals surface area contributed by atoms with E-state index in [1.54, 1.807) is 43.0 Å². The number of rotatable bonds is 7. The highest BCUT2D eigenvalue weighted by molar-refractivity contribution is 7.18. The van der Waals surface area contributed by atoms with Gasteiger partial charge in [0.25, 0.3) is 5.91 Å². The van der Waals surface area contributed by atoms with Crippen LogP contribution in [0.25, 0.3) is 10.2 Å². The van der Waals surface area contributed by atoms with Gasteiger partial charge in [0.2, 0.25) is 0 Å². The van der Waals surface area contributed by atoms with Crippen molar-refractivity contribution in [2.24, 2.45) is 0 Å². The molecule has 2 saturated heterocycles. The zero-order chi connectivity index (χ0) is 23.3. The number of aromatic nitrogens is 2. The standard InChI is InChI=1S/C24H28N4O5S/c1-30-19-3-2-17(20-15-32-12-13-33-20)22-21(19)27-24(34-22)18(28-8-10-31-11-9-28)14-26-23(29)16-4-6-25-7-5-16/h2-7,18,20H,8-15H2,1H3,(H,26,29). The van der Waals surface area contributed by atoms with E-state index in [0.29, 0.717) is 45.1 Å². The van der Waals surface area contributed by atoms with Crippen LogP contribution in [0.1, 0.15) is 33.1 Å². The first-order chi connectivity index (χ1) is 16.7. The quantitative estimate of drug-likeness (QED) is 0.547. The molecule has 10 heteroatoms. The maximum absolute atomic E-state index is 12.7. The van der Waals surface area contributed by atoms with Gasteiger partial charge in [-0.2, -0.15) is 0 Å². The van der Waals surface area contributed by atoms with Crippen LogP contribution < -0.4 is 10.1 Å². The lowest BCUT2D eigenvalue weighted by Gasteiger charge is -2.33. The Morgan fingerprint density at radius 2 is 2.00 bits per heavy atom. The van der Waals surface area contributed by atoms with Crippen LogP contribution in [-0.2, 0) is 14.2 Å². The Kier molecular flexibility index (Phi) is 7.31. The van der Waals surface area contributed by atoms with Crippen molar-refractivity contribution in [3.8, 4) is 5.75 Å². The minimum Gasteiger partial charge on any atom is -0.494 e. The topological polar surface area (TPSA) is 95.0 Å². The van der Waals surface area contributed by atoms with Gasteiger partial charge in [0.15, 0.2) is 0 Å². The molecule has 2 aliphatic heterocycles. The summed E-state index contributed by atoms with van der Waals surface area (Å²) in [6.45, 7) is 4.99. The molecule has 0 aliphatic carbocycles. The van der Waals surface area contributed by atoms with Crippen molar-refractivity contribution in [3.05, 3.63) is 52.8 Å². The third kappa shape index (κ3) is 4.91. The largest absolute Gasteiger partial charge is 0.494 e. The molecule has 0 bridgehead atoms. The van der Waals surface area contributed by atoms with Gasteiger partial charge in [-0.1, -0.05) is 6.07 Å². The Hall–Kier alpha value is -2.63. The molecule has 3 aromatic rings. The van der Waals surface area contributed by atoms with Crippen LogP contribution in [0.15, 0.2) is 36.7 Å². The molecule has 0 spiro atoms. The van der Waals surface area contributed by atoms with Gasteiger partial charge >= 0.3 is 0 Å². The predicted octanol–water partition coefficient (Wildman–Crippen LogP) is 2.59. The molecular formula is C24H28N4O5S. The molecule has 1 aromatic carbocycles. The van der Waals surface area contributed by atoms with E-state index in [1.165, 1.54) is 0 Å². The summed E-state index contributed by atoms with van der Waals surface area (Å²) >= 11 is 1.63. The van der Waals surface area contributed by atoms with Crippen molar-refractivity contribution < 1.29 is 23.7 Å². The first-order valence-electron chi connectivity index (χ1n) is 11.4. The number of thiazole rings is 1. The highest BCUT2D eigenvalue weighted by atomic mass is 32.1. The van der Waals surface area contributed by atoms with Gasteiger partial charge in [0, 0.05) is 43.2 Å². The van der Waals surface area contributed by atoms with Crippen LogP contribution in [0.5, 0.6) is 5.75 Å². The molecule has 2 aliphatic rings. The minimum atomic E-state index is -0.135. The van der Waals surface area contributed by atoms with Gasteiger partial charge in [0.05, 0.1) is 50.9 Å². The number of amides is 1. The summed E-state index contributed by atoms with van der Waals surface area (Å²) in [6.07, 6.45) is 3.10. The highest BCUT2D eigenvalue weighted by Gasteiger charge is 2.29. The fraction of sp³-hybridized carbons (Fsp3) is 0.458. The van der Waals surface area contributed by atoms with E-state index in [0.717, 1.165) is 39.6 Å². The van der Waals surface area contributed by atoms with Gasteiger partial charge < -0.3 is 24.3 Å². The summed E-state index contributed by atoms with van der Waals surface area (Å²) in [5, 5.41) is 4.01. The van der Waals surface area contributed by atoms with Crippen molar-refractivity contribution in [1.82, 2.24) is 20.2 Å². The van der Waals surface area contributed by atoms with Gasteiger partial charge in [-0.15, -0.1) is 11.3 Å². The second-order valence-electron chi connectivity index (χ2n) is 8.13. The molecule has 5 rings (SSSR count). The first kappa shape index (κ1) is 23.1. The van der Waals surface area contributed by atoms with Crippen LogP contribution in [0.2, 0.25) is 0 Å². The fourth-order valence-corrected chi connectivity index (χ4v) is 5.58. The number of morpholine rings is 1. The molecule has 0 saturated carbocycles. The lowest BCUT2D eigenvalue weighted by Crippen LogP contribution is -2.43. The van der Waals surface area contributed by atoms with E-state index in [-0.39, 0.29) is 18.1 Å². The molecule has 34 heavy (non-hydrogen) atoms. The Morgan fingerprint density at radius 1 is 1.18 bits per heavy atom. The number of benzene rings is 1. The van der Waals surface area contributed by atoms with Crippen molar-refractivity contribution in [3.63, 3.8) is 0 Å². The number of methoxy groups -OCH3 is 1. The maximum atomic E-state index is 12.7. The summed E-state index contributed by atoms with van der Waals surface area (Å²) in [6, 6.07) is 7.30. The van der Waals surface area contributed by atoms with E-state index in [4.69, 9.17) is 23.9 Å². The molecule has 9 nitrogen and oxygen atoms in total. The van der Waals surface area contributed by atoms with Gasteiger partial charge in [-0.3, -0.25) is 14.7 Å². The van der Waals surface area contributed by atoms with E-state index >= 15 is 0 Å². The van der Waals surface area contributed by atoms with Gasteiger partial charge in [0.1, 0.15) is 22.4 Å². The summed E-state index contributed by atoms with van der Waals surface area (Å²) < 4.78 is 23.9. The van der Waals surface area contributed by atoms with Crippen molar-refractivity contribution in [1.29, 1.82) is 0 Å². The number of nitrogens with zero attached hydrogens (tertiary/aromatic N) is 3. The smallest absolute Gasteiger partial charge is 0.251 e. The summed E-state index contributed by atoms with van der Waals surface area (Å²) in [7, 11) is 1.65. The van der Waals surface area contributed by atoms with E-state index in [1.807, 2.05) is 12.1 Å². The van der Waals surface area contributed by atoms with Crippen molar-refractivity contribution >= 4 is 27.5 Å². The molecule has 2 aromatic heterocycles. The zero-order valence-electron chi connectivity index (χ0n) is 19.1. The minimum absolute atomic E-state index is 0.0897. The maximum Gasteiger partial charge on any atom is 0.251 e. The molecule has 4 heterocycles. The van der Waals surface area contributed by atoms with Gasteiger partial charge in [-0.05, 0) is 18.2 Å². The second kappa shape index (κ2) is 10.7. The zero-order valence-corrected chi connectivity index (χ0v) is 19.9. The molecule has 0 radical (unpaired) electrons. The lowest BCUT2D eigenvalue weighted by molar-refractivity contribution is -0.0895. The third-order valence-corrected chi connectivity index (χ3v) is 7.31. The molecule has 1 amide bonds. The number of hydrogen-bond donors (Lipinski definition) is 1. The summed E-state index contributed by atoms with van der Waals surface area (Å²) in [5.74, 6) is 0.590. The predicted molar refractivity (Wildman–Crippen MR) is 127 cm³/mol. The molecule has 2 atom stereocenters. The Bertz CT molecular complexity index is 1110. The Morgan fingerprint density at radius 3 is 2.74 bits per heavy atom. The highest BCUT2D eigenvalue weighted by Crippen LogP contribution is 2.40. The molecule has 2 unspecified atom stereocenters. The number of fused-ring (bicyclic) bond motifs is 1. The number of hydrogen-bond acceptors (Lipinski definition) is 9. The van der Waals surface area contributed by atoms with E-state index in [9.17, 15) is 4.79 Å². The number of ether oxygens (including phenoxy) is 4. The fourth-order valence-electron chi connectivity index (χ4n) is 4.30. The number of pyridine rings is 1. The number of nitrogens with one attached hydrogen (secondary N) is 1. The van der Waals surface area contributed by atoms with Crippen LogP contribution in [-0.4, -0.2) is 80.6 Å². The Labute approximate surface area is 202 Å². The SMILES string of the molecule is COc1ccc(C2COCCO2)c2sc(C(CNC(=O)c3ccncc3)N3CCOCC3)nc12. The molecule has 1 N–H and O–H groups in total. The summed E-state index contributed by atoms with van der Waals surface area (Å²) in [5.41, 5.74) is 2.45. The molecule has 2 fully saturated rings. The summed E-state index contributed by atoms with van der Waals surface area (Å²) in [4.78, 5) is 24.1. The molecule has 180 valence electrons. The van der Waals surface area contributed by atoms with Crippen LogP contribution in [0.4, 0.5) is 0 Å². The van der Waals surface area contributed by atoms with Gasteiger partial charge in [-0.25, -0.2) is 4.98 Å². The monoisotopic (exact) mass is 484 g/mol. The van der Waals surface area contributed by atoms with Crippen LogP contribution in [0, 0.1) is 0 Å².